The van der Waals surface area contributed by atoms with Crippen LogP contribution < -0.4 is 5.73 Å². The Hall–Kier alpha value is -1.61. The standard InChI is InChI=1S/C21H29NO2/c1-15-14-19(18(15)12-13-22)24-21(23)20(16-8-4-2-5-9-16)17-10-6-3-7-11-17/h2,4-5,8-9,17-20H,1,3,6-7,10-14,22H2. The summed E-state index contributed by atoms with van der Waals surface area (Å²) < 4.78 is 5.94. The molecule has 0 aliphatic heterocycles. The summed E-state index contributed by atoms with van der Waals surface area (Å²) in [4.78, 5) is 13.0. The number of hydrogen-bond acceptors (Lipinski definition) is 3. The molecule has 3 heteroatoms. The van der Waals surface area contributed by atoms with E-state index >= 15 is 0 Å². The molecule has 0 saturated heterocycles. The number of esters is 1. The largest absolute Gasteiger partial charge is 0.461 e. The van der Waals surface area contributed by atoms with E-state index in [9.17, 15) is 4.79 Å². The molecule has 3 rings (SSSR count). The zero-order valence-corrected chi connectivity index (χ0v) is 14.5. The van der Waals surface area contributed by atoms with Gasteiger partial charge in [-0.15, -0.1) is 0 Å². The summed E-state index contributed by atoms with van der Waals surface area (Å²) in [5.41, 5.74) is 7.95. The van der Waals surface area contributed by atoms with Crippen molar-refractivity contribution in [3.05, 3.63) is 48.0 Å². The van der Waals surface area contributed by atoms with E-state index in [4.69, 9.17) is 10.5 Å². The first-order valence-corrected chi connectivity index (χ1v) is 9.34. The van der Waals surface area contributed by atoms with Crippen LogP contribution in [0.3, 0.4) is 0 Å². The monoisotopic (exact) mass is 327 g/mol. The molecule has 3 atom stereocenters. The van der Waals surface area contributed by atoms with Crippen molar-refractivity contribution in [2.24, 2.45) is 17.6 Å². The van der Waals surface area contributed by atoms with E-state index in [0.717, 1.165) is 31.2 Å². The van der Waals surface area contributed by atoms with Crippen molar-refractivity contribution in [1.29, 1.82) is 0 Å². The predicted octanol–water partition coefficient (Wildman–Crippen LogP) is 4.19. The molecule has 1 aromatic rings. The lowest BCUT2D eigenvalue weighted by Gasteiger charge is -2.40. The number of nitrogens with two attached hydrogens (primary N) is 1. The molecule has 3 nitrogen and oxygen atoms in total. The molecule has 2 fully saturated rings. The van der Waals surface area contributed by atoms with E-state index in [1.165, 1.54) is 24.8 Å². The average Bonchev–Trinajstić information content (AvgIpc) is 2.61. The third-order valence-corrected chi connectivity index (χ3v) is 5.72. The van der Waals surface area contributed by atoms with Crippen molar-refractivity contribution in [2.75, 3.05) is 6.54 Å². The maximum absolute atomic E-state index is 13.0. The predicted molar refractivity (Wildman–Crippen MR) is 96.6 cm³/mol. The van der Waals surface area contributed by atoms with Crippen LogP contribution in [0.25, 0.3) is 0 Å². The number of benzene rings is 1. The Bertz CT molecular complexity index is 562. The minimum atomic E-state index is -0.126. The SMILES string of the molecule is C=C1CC(OC(=O)C(c2ccccc2)C2CCCCC2)C1CCN. The Kier molecular flexibility index (Phi) is 5.72. The molecule has 24 heavy (non-hydrogen) atoms. The lowest BCUT2D eigenvalue weighted by atomic mass is 9.74. The molecule has 2 N–H and O–H groups in total. The highest BCUT2D eigenvalue weighted by Crippen LogP contribution is 2.41. The third-order valence-electron chi connectivity index (χ3n) is 5.72. The number of carbonyl (C=O) groups excluding carboxylic acids is 1. The lowest BCUT2D eigenvalue weighted by molar-refractivity contribution is -0.158. The lowest BCUT2D eigenvalue weighted by Crippen LogP contribution is -2.41. The molecule has 2 aliphatic rings. The van der Waals surface area contributed by atoms with Gasteiger partial charge in [0.05, 0.1) is 5.92 Å². The van der Waals surface area contributed by atoms with E-state index in [1.54, 1.807) is 0 Å². The summed E-state index contributed by atoms with van der Waals surface area (Å²) in [5, 5.41) is 0. The summed E-state index contributed by atoms with van der Waals surface area (Å²) in [7, 11) is 0. The Labute approximate surface area is 145 Å². The van der Waals surface area contributed by atoms with E-state index in [-0.39, 0.29) is 23.9 Å². The van der Waals surface area contributed by atoms with Gasteiger partial charge in [0, 0.05) is 12.3 Å². The fourth-order valence-corrected chi connectivity index (χ4v) is 4.30. The van der Waals surface area contributed by atoms with Gasteiger partial charge in [-0.2, -0.15) is 0 Å². The second-order valence-electron chi connectivity index (χ2n) is 7.31. The molecular weight excluding hydrogens is 298 g/mol. The van der Waals surface area contributed by atoms with Crippen LogP contribution in [0.1, 0.15) is 56.4 Å². The van der Waals surface area contributed by atoms with Gasteiger partial charge in [-0.25, -0.2) is 0 Å². The van der Waals surface area contributed by atoms with Crippen LogP contribution in [0, 0.1) is 11.8 Å². The highest BCUT2D eigenvalue weighted by Gasteiger charge is 2.40. The zero-order chi connectivity index (χ0) is 16.9. The van der Waals surface area contributed by atoms with Crippen LogP contribution in [0.2, 0.25) is 0 Å². The molecule has 0 radical (unpaired) electrons. The van der Waals surface area contributed by atoms with Crippen LogP contribution in [0.4, 0.5) is 0 Å². The minimum Gasteiger partial charge on any atom is -0.461 e. The van der Waals surface area contributed by atoms with Gasteiger partial charge in [0.25, 0.3) is 0 Å². The Morgan fingerprint density at radius 1 is 1.21 bits per heavy atom. The van der Waals surface area contributed by atoms with Gasteiger partial charge in [0.15, 0.2) is 0 Å². The van der Waals surface area contributed by atoms with Gasteiger partial charge in [0.1, 0.15) is 6.10 Å². The van der Waals surface area contributed by atoms with Crippen LogP contribution in [-0.4, -0.2) is 18.6 Å². The van der Waals surface area contributed by atoms with Gasteiger partial charge in [-0.3, -0.25) is 4.79 Å². The highest BCUT2D eigenvalue weighted by molar-refractivity contribution is 5.79. The van der Waals surface area contributed by atoms with Crippen molar-refractivity contribution in [2.45, 2.75) is 57.0 Å². The molecule has 0 heterocycles. The van der Waals surface area contributed by atoms with Crippen molar-refractivity contribution >= 4 is 5.97 Å². The molecular formula is C21H29NO2. The molecule has 130 valence electrons. The van der Waals surface area contributed by atoms with E-state index in [1.807, 2.05) is 18.2 Å². The third kappa shape index (κ3) is 3.72. The summed E-state index contributed by atoms with van der Waals surface area (Å²) in [6, 6.07) is 10.2. The summed E-state index contributed by atoms with van der Waals surface area (Å²) in [6.07, 6.45) is 7.60. The fraction of sp³-hybridized carbons (Fsp3) is 0.571. The number of rotatable bonds is 6. The fourth-order valence-electron chi connectivity index (χ4n) is 4.30. The van der Waals surface area contributed by atoms with Crippen molar-refractivity contribution < 1.29 is 9.53 Å². The van der Waals surface area contributed by atoms with Crippen LogP contribution in [0.15, 0.2) is 42.5 Å². The maximum atomic E-state index is 13.0. The van der Waals surface area contributed by atoms with Gasteiger partial charge in [-0.1, -0.05) is 61.7 Å². The van der Waals surface area contributed by atoms with E-state index < -0.39 is 0 Å². The van der Waals surface area contributed by atoms with E-state index in [0.29, 0.717) is 12.5 Å². The smallest absolute Gasteiger partial charge is 0.314 e. The minimum absolute atomic E-state index is 0.0247. The number of ether oxygens (including phenoxy) is 1. The van der Waals surface area contributed by atoms with Crippen molar-refractivity contribution in [3.8, 4) is 0 Å². The van der Waals surface area contributed by atoms with Crippen LogP contribution in [-0.2, 0) is 9.53 Å². The van der Waals surface area contributed by atoms with Gasteiger partial charge >= 0.3 is 5.97 Å². The molecule has 2 aliphatic carbocycles. The number of hydrogen-bond donors (Lipinski definition) is 1. The second-order valence-corrected chi connectivity index (χ2v) is 7.31. The van der Waals surface area contributed by atoms with Crippen LogP contribution >= 0.6 is 0 Å². The molecule has 0 bridgehead atoms. The van der Waals surface area contributed by atoms with Gasteiger partial charge < -0.3 is 10.5 Å². The van der Waals surface area contributed by atoms with Gasteiger partial charge in [-0.05, 0) is 37.3 Å². The first-order chi connectivity index (χ1) is 11.7. The molecule has 2 saturated carbocycles. The Balaban J connectivity index is 1.73. The summed E-state index contributed by atoms with van der Waals surface area (Å²) in [5.74, 6) is 0.484. The summed E-state index contributed by atoms with van der Waals surface area (Å²) in [6.45, 7) is 4.68. The Morgan fingerprint density at radius 2 is 1.92 bits per heavy atom. The second kappa shape index (κ2) is 7.98. The van der Waals surface area contributed by atoms with Crippen molar-refractivity contribution in [3.63, 3.8) is 0 Å². The number of carbonyl (C=O) groups is 1. The quantitative estimate of drug-likeness (QED) is 0.630. The highest BCUT2D eigenvalue weighted by atomic mass is 16.5. The molecule has 0 spiro atoms. The molecule has 3 unspecified atom stereocenters. The average molecular weight is 327 g/mol. The molecule has 0 amide bonds. The normalized spacial score (nSPS) is 25.8. The first-order valence-electron chi connectivity index (χ1n) is 9.34. The molecule has 0 aromatic heterocycles. The summed E-state index contributed by atoms with van der Waals surface area (Å²) >= 11 is 0. The molecule has 1 aromatic carbocycles. The first kappa shape index (κ1) is 17.2. The van der Waals surface area contributed by atoms with Crippen molar-refractivity contribution in [1.82, 2.24) is 0 Å². The topological polar surface area (TPSA) is 52.3 Å². The maximum Gasteiger partial charge on any atom is 0.314 e. The van der Waals surface area contributed by atoms with Gasteiger partial charge in [0.2, 0.25) is 0 Å². The Morgan fingerprint density at radius 3 is 2.54 bits per heavy atom. The zero-order valence-electron chi connectivity index (χ0n) is 14.5. The van der Waals surface area contributed by atoms with E-state index in [2.05, 4.69) is 18.7 Å². The van der Waals surface area contributed by atoms with Crippen LogP contribution in [0.5, 0.6) is 0 Å².